The Morgan fingerprint density at radius 2 is 1.61 bits per heavy atom. The molecule has 0 heterocycles. The van der Waals surface area contributed by atoms with E-state index < -0.39 is 0 Å². The number of benzene rings is 2. The van der Waals surface area contributed by atoms with Gasteiger partial charge in [0, 0.05) is 6.54 Å². The number of amides is 2. The minimum atomic E-state index is -0.121. The summed E-state index contributed by atoms with van der Waals surface area (Å²) in [7, 11) is 0. The van der Waals surface area contributed by atoms with Crippen molar-refractivity contribution in [2.75, 3.05) is 6.54 Å². The summed E-state index contributed by atoms with van der Waals surface area (Å²) in [6.45, 7) is 6.85. The van der Waals surface area contributed by atoms with E-state index in [1.165, 1.54) is 16.7 Å². The number of carbonyl (C=O) groups is 1. The molecule has 2 rings (SSSR count). The summed E-state index contributed by atoms with van der Waals surface area (Å²) in [6, 6.07) is 16.7. The summed E-state index contributed by atoms with van der Waals surface area (Å²) in [6.07, 6.45) is 1.87. The fourth-order valence-electron chi connectivity index (χ4n) is 2.45. The number of nitrogens with one attached hydrogen (secondary N) is 2. The number of carbonyl (C=O) groups excluding carboxylic acids is 1. The summed E-state index contributed by atoms with van der Waals surface area (Å²) in [5.41, 5.74) is 4.92. The molecule has 2 aromatic carbocycles. The first kappa shape index (κ1) is 17.1. The van der Waals surface area contributed by atoms with Crippen molar-refractivity contribution in [3.05, 3.63) is 70.8 Å². The Bertz CT molecular complexity index is 617. The monoisotopic (exact) mass is 310 g/mol. The van der Waals surface area contributed by atoms with Crippen LogP contribution in [0.15, 0.2) is 48.5 Å². The van der Waals surface area contributed by atoms with E-state index in [2.05, 4.69) is 73.0 Å². The van der Waals surface area contributed by atoms with E-state index in [0.717, 1.165) is 18.4 Å². The lowest BCUT2D eigenvalue weighted by molar-refractivity contribution is 0.238. The van der Waals surface area contributed by atoms with Crippen LogP contribution in [0.4, 0.5) is 4.79 Å². The van der Waals surface area contributed by atoms with E-state index >= 15 is 0 Å². The van der Waals surface area contributed by atoms with Crippen LogP contribution in [0.1, 0.15) is 42.1 Å². The van der Waals surface area contributed by atoms with Crippen molar-refractivity contribution in [3.63, 3.8) is 0 Å². The molecular formula is C20H26N2O. The number of hydrogen-bond donors (Lipinski definition) is 2. The molecule has 0 fully saturated rings. The number of rotatable bonds is 6. The van der Waals surface area contributed by atoms with Gasteiger partial charge in [-0.15, -0.1) is 0 Å². The second-order valence-electron chi connectivity index (χ2n) is 5.95. The van der Waals surface area contributed by atoms with Gasteiger partial charge in [-0.05, 0) is 43.4 Å². The van der Waals surface area contributed by atoms with Gasteiger partial charge in [-0.3, -0.25) is 0 Å². The van der Waals surface area contributed by atoms with Crippen LogP contribution < -0.4 is 10.6 Å². The van der Waals surface area contributed by atoms with Crippen LogP contribution in [0.25, 0.3) is 0 Å². The molecule has 23 heavy (non-hydrogen) atoms. The number of urea groups is 1. The predicted octanol–water partition coefficient (Wildman–Crippen LogP) is 4.16. The van der Waals surface area contributed by atoms with Gasteiger partial charge in [0.25, 0.3) is 0 Å². The van der Waals surface area contributed by atoms with Crippen LogP contribution in [0.3, 0.4) is 0 Å². The maximum atomic E-state index is 12.0. The molecular weight excluding hydrogens is 284 g/mol. The maximum Gasteiger partial charge on any atom is 0.315 e. The second kappa shape index (κ2) is 8.37. The van der Waals surface area contributed by atoms with Crippen LogP contribution in [0.5, 0.6) is 0 Å². The van der Waals surface area contributed by atoms with Crippen molar-refractivity contribution >= 4 is 6.03 Å². The molecule has 0 radical (unpaired) electrons. The van der Waals surface area contributed by atoms with Crippen molar-refractivity contribution in [1.82, 2.24) is 10.6 Å². The largest absolute Gasteiger partial charge is 0.338 e. The van der Waals surface area contributed by atoms with Gasteiger partial charge in [-0.25, -0.2) is 4.79 Å². The van der Waals surface area contributed by atoms with Crippen LogP contribution in [-0.2, 0) is 12.8 Å². The Morgan fingerprint density at radius 1 is 1.00 bits per heavy atom. The quantitative estimate of drug-likeness (QED) is 0.826. The topological polar surface area (TPSA) is 41.1 Å². The Kier molecular flexibility index (Phi) is 6.21. The van der Waals surface area contributed by atoms with E-state index in [4.69, 9.17) is 0 Å². The molecule has 0 saturated carbocycles. The fourth-order valence-corrected chi connectivity index (χ4v) is 2.45. The molecule has 0 spiro atoms. The van der Waals surface area contributed by atoms with Crippen LogP contribution in [0, 0.1) is 6.92 Å². The molecule has 2 N–H and O–H groups in total. The molecule has 3 nitrogen and oxygen atoms in total. The third kappa shape index (κ3) is 5.44. The van der Waals surface area contributed by atoms with Crippen molar-refractivity contribution in [2.45, 2.75) is 39.7 Å². The standard InChI is InChI=1S/C20H26N2O/c1-4-17-9-11-19(12-10-17)16(3)22-20(23)21-14-13-18-7-5-15(2)6-8-18/h5-12,16H,4,13-14H2,1-3H3,(H2,21,22,23). The van der Waals surface area contributed by atoms with Gasteiger partial charge in [0.2, 0.25) is 0 Å². The highest BCUT2D eigenvalue weighted by molar-refractivity contribution is 5.74. The number of aryl methyl sites for hydroxylation is 2. The van der Waals surface area contributed by atoms with Crippen LogP contribution in [0.2, 0.25) is 0 Å². The van der Waals surface area contributed by atoms with E-state index in [0.29, 0.717) is 6.54 Å². The highest BCUT2D eigenvalue weighted by atomic mass is 16.2. The van der Waals surface area contributed by atoms with E-state index in [-0.39, 0.29) is 12.1 Å². The molecule has 0 saturated heterocycles. The lowest BCUT2D eigenvalue weighted by Gasteiger charge is -2.15. The number of hydrogen-bond acceptors (Lipinski definition) is 1. The zero-order valence-corrected chi connectivity index (χ0v) is 14.2. The minimum absolute atomic E-state index is 0.000260. The lowest BCUT2D eigenvalue weighted by atomic mass is 10.1. The van der Waals surface area contributed by atoms with Crippen molar-refractivity contribution in [1.29, 1.82) is 0 Å². The summed E-state index contributed by atoms with van der Waals surface area (Å²) < 4.78 is 0. The van der Waals surface area contributed by atoms with E-state index in [1.54, 1.807) is 0 Å². The van der Waals surface area contributed by atoms with Gasteiger partial charge in [0.15, 0.2) is 0 Å². The SMILES string of the molecule is CCc1ccc(C(C)NC(=O)NCCc2ccc(C)cc2)cc1. The predicted molar refractivity (Wildman–Crippen MR) is 95.7 cm³/mol. The molecule has 0 aliphatic heterocycles. The zero-order valence-electron chi connectivity index (χ0n) is 14.2. The van der Waals surface area contributed by atoms with E-state index in [1.807, 2.05) is 6.92 Å². The Balaban J connectivity index is 1.76. The average molecular weight is 310 g/mol. The third-order valence-electron chi connectivity index (χ3n) is 4.06. The maximum absolute atomic E-state index is 12.0. The molecule has 122 valence electrons. The van der Waals surface area contributed by atoms with Gasteiger partial charge in [-0.1, -0.05) is 61.0 Å². The first-order valence-electron chi connectivity index (χ1n) is 8.27. The molecule has 2 amide bonds. The summed E-state index contributed by atoms with van der Waals surface area (Å²) in [4.78, 5) is 12.0. The van der Waals surface area contributed by atoms with Crippen LogP contribution in [-0.4, -0.2) is 12.6 Å². The van der Waals surface area contributed by atoms with Crippen molar-refractivity contribution in [2.24, 2.45) is 0 Å². The highest BCUT2D eigenvalue weighted by Gasteiger charge is 2.08. The van der Waals surface area contributed by atoms with Gasteiger partial charge < -0.3 is 10.6 Å². The van der Waals surface area contributed by atoms with Gasteiger partial charge >= 0.3 is 6.03 Å². The summed E-state index contributed by atoms with van der Waals surface area (Å²) >= 11 is 0. The van der Waals surface area contributed by atoms with Gasteiger partial charge in [-0.2, -0.15) is 0 Å². The smallest absolute Gasteiger partial charge is 0.315 e. The third-order valence-corrected chi connectivity index (χ3v) is 4.06. The average Bonchev–Trinajstić information content (AvgIpc) is 2.56. The highest BCUT2D eigenvalue weighted by Crippen LogP contribution is 2.13. The fraction of sp³-hybridized carbons (Fsp3) is 0.350. The van der Waals surface area contributed by atoms with Gasteiger partial charge in [0.05, 0.1) is 6.04 Å². The zero-order chi connectivity index (χ0) is 16.7. The molecule has 0 aliphatic rings. The summed E-state index contributed by atoms with van der Waals surface area (Å²) in [5.74, 6) is 0. The Morgan fingerprint density at radius 3 is 2.22 bits per heavy atom. The molecule has 2 aromatic rings. The molecule has 0 bridgehead atoms. The second-order valence-corrected chi connectivity index (χ2v) is 5.95. The molecule has 0 aliphatic carbocycles. The Hall–Kier alpha value is -2.29. The first-order valence-corrected chi connectivity index (χ1v) is 8.27. The molecule has 3 heteroatoms. The van der Waals surface area contributed by atoms with Gasteiger partial charge in [0.1, 0.15) is 0 Å². The molecule has 0 aromatic heterocycles. The van der Waals surface area contributed by atoms with Crippen molar-refractivity contribution < 1.29 is 4.79 Å². The molecule has 1 unspecified atom stereocenters. The van der Waals surface area contributed by atoms with Crippen molar-refractivity contribution in [3.8, 4) is 0 Å². The molecule has 1 atom stereocenters. The van der Waals surface area contributed by atoms with E-state index in [9.17, 15) is 4.79 Å². The minimum Gasteiger partial charge on any atom is -0.338 e. The lowest BCUT2D eigenvalue weighted by Crippen LogP contribution is -2.38. The first-order chi connectivity index (χ1) is 11.1. The summed E-state index contributed by atoms with van der Waals surface area (Å²) in [5, 5.41) is 5.90. The normalized spacial score (nSPS) is 11.8. The van der Waals surface area contributed by atoms with Crippen LogP contribution >= 0.6 is 0 Å². The Labute approximate surface area is 139 Å².